The molecule has 4 N–H and O–H groups in total. The highest BCUT2D eigenvalue weighted by Gasteiger charge is 2.61. The van der Waals surface area contributed by atoms with E-state index in [4.69, 9.17) is 18.9 Å². The number of carboxylic acids is 1. The van der Waals surface area contributed by atoms with Gasteiger partial charge in [-0.25, -0.2) is 14.6 Å². The summed E-state index contributed by atoms with van der Waals surface area (Å²) in [5.41, 5.74) is 1.39. The average Bonchev–Trinajstić information content (AvgIpc) is 3.47. The molecular weight excluding hydrogens is 817 g/mol. The van der Waals surface area contributed by atoms with Crippen LogP contribution in [0.1, 0.15) is 43.7 Å². The Balaban J connectivity index is 1.13. The zero-order valence-corrected chi connectivity index (χ0v) is 32.7. The summed E-state index contributed by atoms with van der Waals surface area (Å²) >= 11 is 2.02. The zero-order chi connectivity index (χ0) is 38.9. The van der Waals surface area contributed by atoms with Gasteiger partial charge in [0, 0.05) is 51.4 Å². The van der Waals surface area contributed by atoms with Crippen LogP contribution in [-0.4, -0.2) is 86.7 Å². The highest BCUT2D eigenvalue weighted by atomic mass is 127. The number of carboxylic acid groups (broad SMARTS) is 1. The number of ether oxygens (including phenoxy) is 2. The maximum absolute atomic E-state index is 14.2. The summed E-state index contributed by atoms with van der Waals surface area (Å²) in [6.07, 6.45) is 0.289. The number of methoxy groups -OCH3 is 1. The summed E-state index contributed by atoms with van der Waals surface area (Å²) in [6, 6.07) is 23.9. The fourth-order valence-corrected chi connectivity index (χ4v) is 8.16. The Labute approximate surface area is 331 Å². The van der Waals surface area contributed by atoms with Crippen LogP contribution >= 0.6 is 22.6 Å². The van der Waals surface area contributed by atoms with E-state index < -0.39 is 47.5 Å². The van der Waals surface area contributed by atoms with Gasteiger partial charge in [-0.1, -0.05) is 85.0 Å². The molecule has 0 radical (unpaired) electrons. The minimum atomic E-state index is -1.40. The van der Waals surface area contributed by atoms with Crippen molar-refractivity contribution in [2.45, 2.75) is 60.8 Å². The number of carbonyl (C=O) groups is 4. The fourth-order valence-electron chi connectivity index (χ4n) is 7.04. The van der Waals surface area contributed by atoms with Crippen molar-refractivity contribution in [3.8, 4) is 22.8 Å². The number of furan rings is 1. The van der Waals surface area contributed by atoms with E-state index in [0.29, 0.717) is 34.7 Å². The zero-order valence-electron chi connectivity index (χ0n) is 30.6. The number of pyridine rings is 1. The summed E-state index contributed by atoms with van der Waals surface area (Å²) in [5.74, 6) is -0.652. The summed E-state index contributed by atoms with van der Waals surface area (Å²) in [5, 5.41) is 20.2. The van der Waals surface area contributed by atoms with Gasteiger partial charge in [-0.05, 0) is 43.0 Å². The Kier molecular flexibility index (Phi) is 10.9. The number of fused-ring (bicyclic) bond motifs is 2. The standard InChI is InChI=1S/C41H42IN5O8/c1-23(2)15-26(21-43-38(49)35-16-25-11-7-8-12-33(25)55-35)44-40(52)47-22-28(18-32(47)37(48)46-41(39(50)51)20-36(41)42)54-34-19-30(24-9-5-4-6-10-24)45-31-17-27(53-3)13-14-29(31)34/h4-14,16-17,19,23,26,28,32,36H,15,18,20-22H2,1-3H3,(H,43,49)(H,44,52)(H,46,48)(H,50,51)/t26-,28+,32-,36+,41+/m0/s1. The van der Waals surface area contributed by atoms with E-state index >= 15 is 0 Å². The Bertz CT molecular complexity index is 2210. The molecule has 7 rings (SSSR count). The lowest BCUT2D eigenvalue weighted by Crippen LogP contribution is -2.56. The number of benzene rings is 3. The number of likely N-dealkylation sites (tertiary alicyclic amines) is 1. The molecule has 5 atom stereocenters. The first-order valence-corrected chi connectivity index (χ1v) is 19.4. The van der Waals surface area contributed by atoms with Crippen LogP contribution in [-0.2, 0) is 9.59 Å². The average molecular weight is 860 g/mol. The second kappa shape index (κ2) is 15.8. The first kappa shape index (κ1) is 37.9. The number of para-hydroxylation sites is 1. The number of carbonyl (C=O) groups excluding carboxylic acids is 3. The molecule has 13 nitrogen and oxygen atoms in total. The van der Waals surface area contributed by atoms with Crippen LogP contribution < -0.4 is 25.4 Å². The minimum absolute atomic E-state index is 0.0397. The molecule has 3 aromatic carbocycles. The summed E-state index contributed by atoms with van der Waals surface area (Å²) in [6.45, 7) is 4.17. The molecule has 0 unspecified atom stereocenters. The molecule has 4 amide bonds. The fraction of sp³-hybridized carbons (Fsp3) is 0.341. The van der Waals surface area contributed by atoms with Crippen LogP contribution in [0.3, 0.4) is 0 Å². The third-order valence-electron chi connectivity index (χ3n) is 10.0. The van der Waals surface area contributed by atoms with Gasteiger partial charge in [0.1, 0.15) is 29.2 Å². The third-order valence-corrected chi connectivity index (χ3v) is 11.5. The third kappa shape index (κ3) is 8.19. The number of hydrogen-bond acceptors (Lipinski definition) is 8. The molecule has 1 aliphatic heterocycles. The van der Waals surface area contributed by atoms with E-state index in [-0.39, 0.29) is 41.5 Å². The number of urea groups is 1. The van der Waals surface area contributed by atoms with Crippen molar-refractivity contribution >= 4 is 68.3 Å². The predicted molar refractivity (Wildman–Crippen MR) is 215 cm³/mol. The van der Waals surface area contributed by atoms with Gasteiger partial charge >= 0.3 is 12.0 Å². The van der Waals surface area contributed by atoms with Crippen molar-refractivity contribution in [2.24, 2.45) is 5.92 Å². The molecule has 286 valence electrons. The minimum Gasteiger partial charge on any atom is -0.497 e. The van der Waals surface area contributed by atoms with Crippen LogP contribution in [0.2, 0.25) is 0 Å². The van der Waals surface area contributed by atoms with Crippen molar-refractivity contribution in [1.82, 2.24) is 25.8 Å². The number of alkyl halides is 1. The summed E-state index contributed by atoms with van der Waals surface area (Å²) in [4.78, 5) is 59.7. The Morgan fingerprint density at radius 2 is 1.78 bits per heavy atom. The first-order chi connectivity index (χ1) is 26.4. The first-order valence-electron chi connectivity index (χ1n) is 18.2. The molecule has 0 spiro atoms. The highest BCUT2D eigenvalue weighted by Crippen LogP contribution is 2.44. The number of rotatable bonds is 13. The molecule has 5 aromatic rings. The van der Waals surface area contributed by atoms with Crippen molar-refractivity contribution in [3.63, 3.8) is 0 Å². The topological polar surface area (TPSA) is 172 Å². The van der Waals surface area contributed by atoms with E-state index in [1.807, 2.05) is 109 Å². The second-order valence-electron chi connectivity index (χ2n) is 14.5. The smallest absolute Gasteiger partial charge is 0.330 e. The number of hydrogen-bond donors (Lipinski definition) is 4. The van der Waals surface area contributed by atoms with Crippen LogP contribution in [0.4, 0.5) is 4.79 Å². The predicted octanol–water partition coefficient (Wildman–Crippen LogP) is 6.18. The normalized spacial score (nSPS) is 21.0. The Morgan fingerprint density at radius 1 is 1.04 bits per heavy atom. The van der Waals surface area contributed by atoms with Gasteiger partial charge in [-0.2, -0.15) is 0 Å². The van der Waals surface area contributed by atoms with Crippen LogP contribution in [0.5, 0.6) is 11.5 Å². The maximum atomic E-state index is 14.2. The second-order valence-corrected chi connectivity index (χ2v) is 16.0. The van der Waals surface area contributed by atoms with Crippen LogP contribution in [0.15, 0.2) is 89.3 Å². The maximum Gasteiger partial charge on any atom is 0.330 e. The van der Waals surface area contributed by atoms with Crippen molar-refractivity contribution in [3.05, 3.63) is 90.7 Å². The molecule has 1 aliphatic carbocycles. The molecule has 0 bridgehead atoms. The molecule has 1 saturated carbocycles. The van der Waals surface area contributed by atoms with Gasteiger partial charge in [0.05, 0.1) is 24.9 Å². The SMILES string of the molecule is COc1ccc2c(O[C@@H]3C[C@@H](C(=O)N[C@]4(C(=O)O)C[C@H]4I)N(C(=O)N[C@H](CNC(=O)c4cc5ccccc5o4)CC(C)C)C3)cc(-c3ccccc3)nc2c1. The molecule has 2 aliphatic rings. The molecule has 3 heterocycles. The van der Waals surface area contributed by atoms with Crippen LogP contribution in [0.25, 0.3) is 33.1 Å². The number of nitrogens with zero attached hydrogens (tertiary/aromatic N) is 2. The van der Waals surface area contributed by atoms with E-state index in [9.17, 15) is 24.3 Å². The lowest BCUT2D eigenvalue weighted by Gasteiger charge is -2.28. The summed E-state index contributed by atoms with van der Waals surface area (Å²) < 4.78 is 17.6. The molecule has 2 aromatic heterocycles. The monoisotopic (exact) mass is 859 g/mol. The highest BCUT2D eigenvalue weighted by molar-refractivity contribution is 14.1. The van der Waals surface area contributed by atoms with Crippen molar-refractivity contribution in [1.29, 1.82) is 0 Å². The largest absolute Gasteiger partial charge is 0.497 e. The van der Waals surface area contributed by atoms with Crippen molar-refractivity contribution < 1.29 is 38.2 Å². The van der Waals surface area contributed by atoms with E-state index in [1.54, 1.807) is 19.2 Å². The Hall–Kier alpha value is -5.38. The molecule has 14 heteroatoms. The van der Waals surface area contributed by atoms with Gasteiger partial charge in [-0.15, -0.1) is 0 Å². The molecule has 2 fully saturated rings. The Morgan fingerprint density at radius 3 is 2.47 bits per heavy atom. The van der Waals surface area contributed by atoms with Gasteiger partial charge < -0.3 is 39.8 Å². The lowest BCUT2D eigenvalue weighted by molar-refractivity contribution is -0.143. The molecule has 1 saturated heterocycles. The quantitative estimate of drug-likeness (QED) is 0.0798. The molecule has 55 heavy (non-hydrogen) atoms. The number of amides is 4. The number of aromatic nitrogens is 1. The van der Waals surface area contributed by atoms with E-state index in [0.717, 1.165) is 16.3 Å². The summed E-state index contributed by atoms with van der Waals surface area (Å²) in [7, 11) is 1.58. The van der Waals surface area contributed by atoms with E-state index in [2.05, 4.69) is 16.0 Å². The number of aliphatic carboxylic acids is 1. The van der Waals surface area contributed by atoms with Gasteiger partial charge in [0.2, 0.25) is 5.91 Å². The van der Waals surface area contributed by atoms with Gasteiger partial charge in [-0.3, -0.25) is 9.59 Å². The number of nitrogens with one attached hydrogen (secondary N) is 3. The molecular formula is C41H42IN5O8. The number of halogens is 1. The van der Waals surface area contributed by atoms with Crippen molar-refractivity contribution in [2.75, 3.05) is 20.2 Å². The van der Waals surface area contributed by atoms with E-state index in [1.165, 1.54) is 4.90 Å². The van der Waals surface area contributed by atoms with Gasteiger partial charge in [0.25, 0.3) is 5.91 Å². The lowest BCUT2D eigenvalue weighted by atomic mass is 10.0. The van der Waals surface area contributed by atoms with Gasteiger partial charge in [0.15, 0.2) is 11.3 Å². The van der Waals surface area contributed by atoms with Crippen LogP contribution in [0, 0.1) is 5.92 Å².